The molecule has 0 bridgehead atoms. The molecule has 0 amide bonds. The number of allylic oxidation sites excluding steroid dienone is 1. The Balaban J connectivity index is 2.40. The molecule has 1 N–H and O–H groups in total. The molecule has 0 saturated carbocycles. The van der Waals surface area contributed by atoms with E-state index in [1.807, 2.05) is 13.8 Å². The molecule has 82 valence electrons. The number of fused-ring (bicyclic) bond motifs is 1. The lowest BCUT2D eigenvalue weighted by molar-refractivity contribution is -0.133. The summed E-state index contributed by atoms with van der Waals surface area (Å²) < 4.78 is 10.1. The number of hydrogen-bond donors (Lipinski definition) is 1. The van der Waals surface area contributed by atoms with Gasteiger partial charge in [0.25, 0.3) is 0 Å². The second-order valence-corrected chi connectivity index (χ2v) is 3.69. The molecule has 0 saturated heterocycles. The summed E-state index contributed by atoms with van der Waals surface area (Å²) in [6.07, 6.45) is 0. The maximum atomic E-state index is 9.16. The molecule has 1 unspecified atom stereocenters. The molecule has 1 atom stereocenters. The van der Waals surface area contributed by atoms with Crippen LogP contribution in [0.25, 0.3) is 0 Å². The molecule has 2 rings (SSSR count). The zero-order chi connectivity index (χ0) is 11.7. The van der Waals surface area contributed by atoms with Gasteiger partial charge in [0.1, 0.15) is 0 Å². The highest BCUT2D eigenvalue weighted by Gasteiger charge is 2.22. The maximum Gasteiger partial charge on any atom is 0.358 e. The van der Waals surface area contributed by atoms with Crippen LogP contribution in [0.2, 0.25) is 0 Å². The second kappa shape index (κ2) is 3.92. The van der Waals surface area contributed by atoms with E-state index in [1.165, 1.54) is 0 Å². The normalized spacial score (nSPS) is 16.6. The number of rotatable bonds is 0. The number of benzene rings is 1. The van der Waals surface area contributed by atoms with E-state index in [9.17, 15) is 0 Å². The van der Waals surface area contributed by atoms with Crippen molar-refractivity contribution in [3.05, 3.63) is 35.4 Å². The van der Waals surface area contributed by atoms with Crippen LogP contribution in [0.15, 0.2) is 24.3 Å². The summed E-state index contributed by atoms with van der Waals surface area (Å²) in [5.41, 5.74) is 2.63. The van der Waals surface area contributed by atoms with Gasteiger partial charge < -0.3 is 14.6 Å². The van der Waals surface area contributed by atoms with Crippen LogP contribution in [0.5, 0.6) is 11.5 Å². The topological polar surface area (TPSA) is 38.7 Å². The van der Waals surface area contributed by atoms with Crippen molar-refractivity contribution in [2.24, 2.45) is 0 Å². The minimum absolute atomic E-state index is 0.518. The Morgan fingerprint density at radius 2 is 2.00 bits per heavy atom. The summed E-state index contributed by atoms with van der Waals surface area (Å²) >= 11 is 0. The van der Waals surface area contributed by atoms with Crippen LogP contribution in [-0.4, -0.2) is 11.6 Å². The number of hydrogen-bond acceptors (Lipinski definition) is 3. The van der Waals surface area contributed by atoms with Crippen molar-refractivity contribution in [3.63, 3.8) is 0 Å². The first-order chi connectivity index (χ1) is 7.56. The van der Waals surface area contributed by atoms with Crippen LogP contribution in [0, 0.1) is 18.8 Å². The molecule has 3 heteroatoms. The second-order valence-electron chi connectivity index (χ2n) is 3.69. The monoisotopic (exact) mass is 216 g/mol. The van der Waals surface area contributed by atoms with E-state index in [0.717, 1.165) is 16.7 Å². The van der Waals surface area contributed by atoms with Crippen molar-refractivity contribution < 1.29 is 14.6 Å². The minimum atomic E-state index is -1.21. The first-order valence-corrected chi connectivity index (χ1v) is 4.90. The average molecular weight is 216 g/mol. The van der Waals surface area contributed by atoms with Gasteiger partial charge in [-0.3, -0.25) is 0 Å². The molecule has 1 aromatic carbocycles. The summed E-state index contributed by atoms with van der Waals surface area (Å²) in [7, 11) is 0. The average Bonchev–Trinajstić information content (AvgIpc) is 2.53. The van der Waals surface area contributed by atoms with E-state index in [0.29, 0.717) is 11.5 Å². The summed E-state index contributed by atoms with van der Waals surface area (Å²) in [4.78, 5) is 0. The van der Waals surface area contributed by atoms with Crippen LogP contribution in [0.1, 0.15) is 18.1 Å². The van der Waals surface area contributed by atoms with Gasteiger partial charge in [0, 0.05) is 11.6 Å². The molecular formula is C13H12O3. The van der Waals surface area contributed by atoms with E-state index in [2.05, 4.69) is 18.4 Å². The van der Waals surface area contributed by atoms with Crippen molar-refractivity contribution in [2.75, 3.05) is 0 Å². The standard InChI is InChI=1S/C13H12O3/c1-8(2)4-5-10-7-12-11(6-9(10)3)15-13(14)16-12/h6-7,13-14H,1H2,2-3H3. The third-order valence-electron chi connectivity index (χ3n) is 2.16. The van der Waals surface area contributed by atoms with Crippen LogP contribution in [0.3, 0.4) is 0 Å². The van der Waals surface area contributed by atoms with E-state index in [-0.39, 0.29) is 0 Å². The van der Waals surface area contributed by atoms with Crippen molar-refractivity contribution in [3.8, 4) is 23.3 Å². The molecule has 1 aromatic rings. The third-order valence-corrected chi connectivity index (χ3v) is 2.16. The van der Waals surface area contributed by atoms with Gasteiger partial charge in [-0.25, -0.2) is 0 Å². The van der Waals surface area contributed by atoms with Crippen molar-refractivity contribution in [2.45, 2.75) is 20.3 Å². The third kappa shape index (κ3) is 2.02. The number of aliphatic hydroxyl groups is 1. The fourth-order valence-corrected chi connectivity index (χ4v) is 1.40. The molecule has 1 aliphatic heterocycles. The maximum absolute atomic E-state index is 9.16. The SMILES string of the molecule is C=C(C)C#Cc1cc2c(cc1C)OC(O)O2. The van der Waals surface area contributed by atoms with Gasteiger partial charge in [-0.05, 0) is 31.1 Å². The van der Waals surface area contributed by atoms with E-state index >= 15 is 0 Å². The highest BCUT2D eigenvalue weighted by Crippen LogP contribution is 2.36. The summed E-state index contributed by atoms with van der Waals surface area (Å²) in [6, 6.07) is 3.56. The van der Waals surface area contributed by atoms with Gasteiger partial charge in [0.2, 0.25) is 0 Å². The fourth-order valence-electron chi connectivity index (χ4n) is 1.40. The van der Waals surface area contributed by atoms with Gasteiger partial charge in [0.05, 0.1) is 0 Å². The largest absolute Gasteiger partial charge is 0.428 e. The van der Waals surface area contributed by atoms with Crippen molar-refractivity contribution in [1.29, 1.82) is 0 Å². The van der Waals surface area contributed by atoms with Crippen LogP contribution >= 0.6 is 0 Å². The molecule has 0 spiro atoms. The lowest BCUT2D eigenvalue weighted by atomic mass is 10.1. The van der Waals surface area contributed by atoms with Crippen LogP contribution in [-0.2, 0) is 0 Å². The van der Waals surface area contributed by atoms with Crippen molar-refractivity contribution in [1.82, 2.24) is 0 Å². The predicted molar refractivity (Wildman–Crippen MR) is 60.1 cm³/mol. The number of aliphatic hydroxyl groups excluding tert-OH is 1. The molecule has 0 radical (unpaired) electrons. The summed E-state index contributed by atoms with van der Waals surface area (Å²) in [5, 5.41) is 9.16. The lowest BCUT2D eigenvalue weighted by Gasteiger charge is -2.00. The van der Waals surface area contributed by atoms with Gasteiger partial charge >= 0.3 is 6.48 Å². The molecule has 3 nitrogen and oxygen atoms in total. The van der Waals surface area contributed by atoms with Gasteiger partial charge in [-0.1, -0.05) is 18.4 Å². The predicted octanol–water partition coefficient (Wildman–Crippen LogP) is 1.97. The lowest BCUT2D eigenvalue weighted by Crippen LogP contribution is -2.15. The Morgan fingerprint density at radius 1 is 1.38 bits per heavy atom. The van der Waals surface area contributed by atoms with Gasteiger partial charge in [-0.15, -0.1) is 0 Å². The minimum Gasteiger partial charge on any atom is -0.428 e. The molecule has 1 heterocycles. The van der Waals surface area contributed by atoms with Crippen molar-refractivity contribution >= 4 is 0 Å². The summed E-state index contributed by atoms with van der Waals surface area (Å²) in [5.74, 6) is 6.96. The molecular weight excluding hydrogens is 204 g/mol. The summed E-state index contributed by atoms with van der Waals surface area (Å²) in [6.45, 7) is 6.28. The quantitative estimate of drug-likeness (QED) is 0.674. The van der Waals surface area contributed by atoms with E-state index < -0.39 is 6.48 Å². The number of ether oxygens (including phenoxy) is 2. The molecule has 1 aliphatic rings. The highest BCUT2D eigenvalue weighted by atomic mass is 16.8. The molecule has 0 aromatic heterocycles. The van der Waals surface area contributed by atoms with Crippen LogP contribution in [0.4, 0.5) is 0 Å². The van der Waals surface area contributed by atoms with Gasteiger partial charge in [0.15, 0.2) is 11.5 Å². The first kappa shape index (κ1) is 10.6. The zero-order valence-corrected chi connectivity index (χ0v) is 9.20. The Labute approximate surface area is 94.3 Å². The Hall–Kier alpha value is -1.92. The zero-order valence-electron chi connectivity index (χ0n) is 9.20. The Kier molecular flexibility index (Phi) is 2.59. The smallest absolute Gasteiger partial charge is 0.358 e. The Morgan fingerprint density at radius 3 is 2.62 bits per heavy atom. The van der Waals surface area contributed by atoms with E-state index in [1.54, 1.807) is 12.1 Å². The number of aryl methyl sites for hydroxylation is 1. The fraction of sp³-hybridized carbons (Fsp3) is 0.231. The van der Waals surface area contributed by atoms with E-state index in [4.69, 9.17) is 14.6 Å². The highest BCUT2D eigenvalue weighted by molar-refractivity contribution is 5.54. The van der Waals surface area contributed by atoms with Gasteiger partial charge in [-0.2, -0.15) is 0 Å². The molecule has 0 aliphatic carbocycles. The molecule has 0 fully saturated rings. The van der Waals surface area contributed by atoms with Crippen LogP contribution < -0.4 is 9.47 Å². The molecule has 16 heavy (non-hydrogen) atoms. The first-order valence-electron chi connectivity index (χ1n) is 4.90. The Bertz CT molecular complexity index is 506.